The van der Waals surface area contributed by atoms with Crippen molar-refractivity contribution < 1.29 is 13.2 Å². The highest BCUT2D eigenvalue weighted by Gasteiger charge is 2.44. The molecular weight excluding hydrogens is 350 g/mol. The van der Waals surface area contributed by atoms with Crippen LogP contribution in [0.2, 0.25) is 0 Å². The summed E-state index contributed by atoms with van der Waals surface area (Å²) < 4.78 is 34.0. The Balaban J connectivity index is 1.91. The summed E-state index contributed by atoms with van der Waals surface area (Å²) in [4.78, 5) is 0. The average molecular weight is 370 g/mol. The van der Waals surface area contributed by atoms with E-state index in [1.807, 2.05) is 6.92 Å². The van der Waals surface area contributed by atoms with Gasteiger partial charge in [-0.2, -0.15) is 5.10 Å². The van der Waals surface area contributed by atoms with Gasteiger partial charge in [0.1, 0.15) is 11.6 Å². The molecule has 0 spiro atoms. The summed E-state index contributed by atoms with van der Waals surface area (Å²) in [6.07, 6.45) is 2.97. The van der Waals surface area contributed by atoms with Crippen LogP contribution >= 0.6 is 0 Å². The molecule has 27 heavy (non-hydrogen) atoms. The van der Waals surface area contributed by atoms with Crippen LogP contribution in [0.5, 0.6) is 0 Å². The van der Waals surface area contributed by atoms with Crippen LogP contribution in [0.15, 0.2) is 35.1 Å². The lowest BCUT2D eigenvalue weighted by Crippen LogP contribution is -2.34. The Hall–Kier alpha value is -2.70. The zero-order chi connectivity index (χ0) is 19.2. The van der Waals surface area contributed by atoms with Crippen molar-refractivity contribution in [1.82, 2.24) is 20.4 Å². The molecule has 0 radical (unpaired) electrons. The van der Waals surface area contributed by atoms with Gasteiger partial charge in [0.05, 0.1) is 22.4 Å². The fraction of sp³-hybridized carbons (Fsp3) is 0.400. The zero-order valence-corrected chi connectivity index (χ0v) is 15.4. The second kappa shape index (κ2) is 6.48. The van der Waals surface area contributed by atoms with Crippen LogP contribution in [0, 0.1) is 17.6 Å². The van der Waals surface area contributed by atoms with Crippen molar-refractivity contribution >= 4 is 0 Å². The Labute approximate surface area is 155 Å². The maximum absolute atomic E-state index is 14.3. The molecular formula is C20H20F2N4O. The molecule has 140 valence electrons. The molecule has 0 unspecified atom stereocenters. The number of hydrogen-bond acceptors (Lipinski definition) is 5. The second-order valence-corrected chi connectivity index (χ2v) is 7.60. The summed E-state index contributed by atoms with van der Waals surface area (Å²) in [5.41, 5.74) is 1.14. The SMILES string of the molecule is CC(C)[C@H]1CC[C@](C)(c2nnco2)c2nnc(-c3c(F)cccc3F)cc21. The van der Waals surface area contributed by atoms with Crippen molar-refractivity contribution in [1.29, 1.82) is 0 Å². The van der Waals surface area contributed by atoms with Crippen LogP contribution in [0.3, 0.4) is 0 Å². The Bertz CT molecular complexity index is 954. The van der Waals surface area contributed by atoms with Gasteiger partial charge in [0.15, 0.2) is 0 Å². The molecule has 0 fully saturated rings. The Kier molecular flexibility index (Phi) is 4.25. The summed E-state index contributed by atoms with van der Waals surface area (Å²) >= 11 is 0. The van der Waals surface area contributed by atoms with Crippen molar-refractivity contribution in [3.05, 3.63) is 59.4 Å². The molecule has 1 aliphatic carbocycles. The summed E-state index contributed by atoms with van der Waals surface area (Å²) in [5.74, 6) is -0.273. The first-order valence-corrected chi connectivity index (χ1v) is 9.01. The number of halogens is 2. The average Bonchev–Trinajstić information content (AvgIpc) is 3.17. The Morgan fingerprint density at radius 1 is 1.15 bits per heavy atom. The molecule has 0 aliphatic heterocycles. The van der Waals surface area contributed by atoms with Crippen molar-refractivity contribution in [3.63, 3.8) is 0 Å². The molecule has 1 aliphatic rings. The minimum absolute atomic E-state index is 0.152. The van der Waals surface area contributed by atoms with Gasteiger partial charge in [-0.1, -0.05) is 19.9 Å². The first kappa shape index (κ1) is 17.7. The van der Waals surface area contributed by atoms with Gasteiger partial charge in [-0.15, -0.1) is 15.3 Å². The van der Waals surface area contributed by atoms with Gasteiger partial charge >= 0.3 is 0 Å². The first-order chi connectivity index (χ1) is 12.9. The monoisotopic (exact) mass is 370 g/mol. The molecule has 3 aromatic rings. The lowest BCUT2D eigenvalue weighted by atomic mass is 9.67. The molecule has 2 aromatic heterocycles. The molecule has 0 bridgehead atoms. The molecule has 0 saturated carbocycles. The predicted molar refractivity (Wildman–Crippen MR) is 94.9 cm³/mol. The van der Waals surface area contributed by atoms with E-state index in [4.69, 9.17) is 4.42 Å². The van der Waals surface area contributed by atoms with Crippen LogP contribution in [0.1, 0.15) is 56.7 Å². The number of nitrogens with zero attached hydrogens (tertiary/aromatic N) is 4. The van der Waals surface area contributed by atoms with E-state index < -0.39 is 17.0 Å². The molecule has 0 N–H and O–H groups in total. The summed E-state index contributed by atoms with van der Waals surface area (Å²) in [7, 11) is 0. The van der Waals surface area contributed by atoms with E-state index in [9.17, 15) is 8.78 Å². The maximum atomic E-state index is 14.3. The minimum Gasteiger partial charge on any atom is -0.427 e. The second-order valence-electron chi connectivity index (χ2n) is 7.60. The van der Waals surface area contributed by atoms with Crippen LogP contribution in [-0.2, 0) is 5.41 Å². The highest BCUT2D eigenvalue weighted by atomic mass is 19.1. The minimum atomic E-state index is -0.652. The van der Waals surface area contributed by atoms with Crippen LogP contribution in [-0.4, -0.2) is 20.4 Å². The van der Waals surface area contributed by atoms with E-state index in [0.717, 1.165) is 24.1 Å². The number of aromatic nitrogens is 4. The summed E-state index contributed by atoms with van der Waals surface area (Å²) in [6, 6.07) is 5.55. The van der Waals surface area contributed by atoms with Gasteiger partial charge in [-0.25, -0.2) is 8.78 Å². The predicted octanol–water partition coefficient (Wildman–Crippen LogP) is 4.64. The third kappa shape index (κ3) is 2.81. The number of fused-ring (bicyclic) bond motifs is 1. The van der Waals surface area contributed by atoms with Crippen LogP contribution < -0.4 is 0 Å². The number of benzene rings is 1. The highest BCUT2D eigenvalue weighted by molar-refractivity contribution is 5.62. The molecule has 0 amide bonds. The molecule has 7 heteroatoms. The molecule has 0 saturated heterocycles. The summed E-state index contributed by atoms with van der Waals surface area (Å²) in [5, 5.41) is 16.5. The van der Waals surface area contributed by atoms with E-state index in [0.29, 0.717) is 11.8 Å². The largest absolute Gasteiger partial charge is 0.427 e. The Morgan fingerprint density at radius 3 is 2.52 bits per heavy atom. The third-order valence-electron chi connectivity index (χ3n) is 5.56. The van der Waals surface area contributed by atoms with Crippen LogP contribution in [0.25, 0.3) is 11.3 Å². The van der Waals surface area contributed by atoms with Crippen molar-refractivity contribution in [2.24, 2.45) is 5.92 Å². The smallest absolute Gasteiger partial charge is 0.228 e. The van der Waals surface area contributed by atoms with Gasteiger partial charge in [0.25, 0.3) is 0 Å². The molecule has 2 atom stereocenters. The molecule has 2 heterocycles. The number of hydrogen-bond donors (Lipinski definition) is 0. The van der Waals surface area contributed by atoms with Gasteiger partial charge in [0.2, 0.25) is 12.3 Å². The first-order valence-electron chi connectivity index (χ1n) is 9.01. The summed E-state index contributed by atoms with van der Waals surface area (Å²) in [6.45, 7) is 6.26. The molecule has 5 nitrogen and oxygen atoms in total. The quantitative estimate of drug-likeness (QED) is 0.672. The molecule has 1 aromatic carbocycles. The van der Waals surface area contributed by atoms with Crippen molar-refractivity contribution in [3.8, 4) is 11.3 Å². The van der Waals surface area contributed by atoms with Gasteiger partial charge < -0.3 is 4.42 Å². The van der Waals surface area contributed by atoms with Crippen LogP contribution in [0.4, 0.5) is 8.78 Å². The van der Waals surface area contributed by atoms with Gasteiger partial charge in [0, 0.05) is 0 Å². The van der Waals surface area contributed by atoms with E-state index in [2.05, 4.69) is 34.2 Å². The topological polar surface area (TPSA) is 64.7 Å². The third-order valence-corrected chi connectivity index (χ3v) is 5.56. The van der Waals surface area contributed by atoms with E-state index in [1.54, 1.807) is 6.07 Å². The van der Waals surface area contributed by atoms with Crippen molar-refractivity contribution in [2.75, 3.05) is 0 Å². The van der Waals surface area contributed by atoms with E-state index >= 15 is 0 Å². The number of rotatable bonds is 3. The zero-order valence-electron chi connectivity index (χ0n) is 15.4. The fourth-order valence-corrected chi connectivity index (χ4v) is 4.01. The van der Waals surface area contributed by atoms with Gasteiger partial charge in [-0.3, -0.25) is 0 Å². The lowest BCUT2D eigenvalue weighted by Gasteiger charge is -2.37. The normalized spacial score (nSPS) is 22.1. The Morgan fingerprint density at radius 2 is 1.89 bits per heavy atom. The van der Waals surface area contributed by atoms with Gasteiger partial charge in [-0.05, 0) is 55.4 Å². The van der Waals surface area contributed by atoms with E-state index in [1.165, 1.54) is 24.6 Å². The fourth-order valence-electron chi connectivity index (χ4n) is 4.01. The lowest BCUT2D eigenvalue weighted by molar-refractivity contribution is 0.301. The molecule has 4 rings (SSSR count). The standard InChI is InChI=1S/C20H20F2N4O/c1-11(2)12-7-8-20(3,19-26-23-10-27-19)18-13(12)9-16(24-25-18)17-14(21)5-4-6-15(17)22/h4-6,9-12H,7-8H2,1-3H3/t12-,20+/m1/s1. The maximum Gasteiger partial charge on any atom is 0.228 e. The highest BCUT2D eigenvalue weighted by Crippen LogP contribution is 2.48. The van der Waals surface area contributed by atoms with E-state index in [-0.39, 0.29) is 17.2 Å². The van der Waals surface area contributed by atoms with Crippen molar-refractivity contribution in [2.45, 2.75) is 44.9 Å².